The monoisotopic (exact) mass is 333 g/mol. The number of benzene rings is 1. The van der Waals surface area contributed by atoms with Crippen molar-refractivity contribution in [2.45, 2.75) is 10.8 Å². The summed E-state index contributed by atoms with van der Waals surface area (Å²) in [5, 5.41) is 14.5. The zero-order chi connectivity index (χ0) is 15.4. The number of nitrogens with one attached hydrogen (secondary N) is 1. The predicted octanol–water partition coefficient (Wildman–Crippen LogP) is 2.49. The van der Waals surface area contributed by atoms with Gasteiger partial charge in [0.15, 0.2) is 10.2 Å². The molecule has 3 aromatic rings. The Morgan fingerprint density at radius 2 is 2.14 bits per heavy atom. The van der Waals surface area contributed by atoms with Crippen LogP contribution in [0.1, 0.15) is 22.1 Å². The van der Waals surface area contributed by atoms with Crippen LogP contribution >= 0.6 is 23.1 Å². The molecule has 1 aromatic carbocycles. The summed E-state index contributed by atoms with van der Waals surface area (Å²) in [6, 6.07) is 9.72. The summed E-state index contributed by atoms with van der Waals surface area (Å²) in [6.45, 7) is 0. The lowest BCUT2D eigenvalue weighted by Gasteiger charge is -1.94. The Bertz CT molecular complexity index is 772. The van der Waals surface area contributed by atoms with E-state index in [1.807, 2.05) is 36.6 Å². The van der Waals surface area contributed by atoms with Gasteiger partial charge < -0.3 is 4.52 Å². The van der Waals surface area contributed by atoms with Gasteiger partial charge in [-0.15, -0.1) is 10.2 Å². The topological polar surface area (TPSA) is 93.8 Å². The van der Waals surface area contributed by atoms with Crippen molar-refractivity contribution >= 4 is 34.1 Å². The summed E-state index contributed by atoms with van der Waals surface area (Å²) in [5.74, 6) is -0.124. The van der Waals surface area contributed by atoms with Crippen molar-refractivity contribution in [2.24, 2.45) is 0 Å². The van der Waals surface area contributed by atoms with Gasteiger partial charge in [-0.1, -0.05) is 58.6 Å². The predicted molar refractivity (Wildman–Crippen MR) is 83.2 cm³/mol. The van der Waals surface area contributed by atoms with Crippen LogP contribution in [0.2, 0.25) is 0 Å². The first-order valence-corrected chi connectivity index (χ1v) is 8.34. The molecule has 0 aliphatic carbocycles. The van der Waals surface area contributed by atoms with Gasteiger partial charge in [0.25, 0.3) is 0 Å². The molecule has 9 heteroatoms. The van der Waals surface area contributed by atoms with Gasteiger partial charge in [0, 0.05) is 6.42 Å². The number of nitrogens with zero attached hydrogens (tertiary/aromatic N) is 4. The largest absolute Gasteiger partial charge is 0.329 e. The number of hydrogen-bond acceptors (Lipinski definition) is 8. The fourth-order valence-corrected chi connectivity index (χ4v) is 2.85. The molecule has 0 saturated carbocycles. The first-order valence-electron chi connectivity index (χ1n) is 6.30. The molecule has 3 rings (SSSR count). The molecule has 0 aliphatic heterocycles. The second kappa shape index (κ2) is 6.67. The van der Waals surface area contributed by atoms with Crippen molar-refractivity contribution < 1.29 is 9.32 Å². The van der Waals surface area contributed by atoms with Crippen LogP contribution in [0, 0.1) is 0 Å². The lowest BCUT2D eigenvalue weighted by atomic mass is 10.1. The standard InChI is InChI=1S/C13H11N5O2S2/c1-21-13-17-16-12(22-13)15-10(19)11-14-9(18-20-11)7-8-5-3-2-4-6-8/h2-6H,7H2,1H3,(H,15,16,19). The van der Waals surface area contributed by atoms with Gasteiger partial charge in [-0.2, -0.15) is 4.98 Å². The van der Waals surface area contributed by atoms with E-state index < -0.39 is 5.91 Å². The molecule has 112 valence electrons. The highest BCUT2D eigenvalue weighted by molar-refractivity contribution is 8.00. The average molecular weight is 333 g/mol. The van der Waals surface area contributed by atoms with Crippen LogP contribution in [0.5, 0.6) is 0 Å². The molecular formula is C13H11N5O2S2. The molecule has 2 heterocycles. The highest BCUT2D eigenvalue weighted by Gasteiger charge is 2.17. The summed E-state index contributed by atoms with van der Waals surface area (Å²) in [5.41, 5.74) is 1.05. The summed E-state index contributed by atoms with van der Waals surface area (Å²) in [7, 11) is 0. The zero-order valence-electron chi connectivity index (χ0n) is 11.5. The highest BCUT2D eigenvalue weighted by Crippen LogP contribution is 2.23. The molecule has 0 fully saturated rings. The van der Waals surface area contributed by atoms with Crippen LogP contribution in [0.4, 0.5) is 5.13 Å². The van der Waals surface area contributed by atoms with Crippen molar-refractivity contribution in [3.63, 3.8) is 0 Å². The summed E-state index contributed by atoms with van der Waals surface area (Å²) in [6.07, 6.45) is 2.40. The highest BCUT2D eigenvalue weighted by atomic mass is 32.2. The molecular weight excluding hydrogens is 322 g/mol. The number of aromatic nitrogens is 4. The van der Waals surface area contributed by atoms with Crippen molar-refractivity contribution in [3.05, 3.63) is 47.6 Å². The minimum Gasteiger partial charge on any atom is -0.329 e. The third kappa shape index (κ3) is 3.49. The van der Waals surface area contributed by atoms with Crippen molar-refractivity contribution in [3.8, 4) is 0 Å². The maximum Gasteiger partial charge on any atom is 0.316 e. The van der Waals surface area contributed by atoms with Crippen LogP contribution in [-0.2, 0) is 6.42 Å². The fraction of sp³-hybridized carbons (Fsp3) is 0.154. The number of carbonyl (C=O) groups is 1. The first kappa shape index (κ1) is 14.7. The van der Waals surface area contributed by atoms with E-state index >= 15 is 0 Å². The van der Waals surface area contributed by atoms with Crippen molar-refractivity contribution in [1.29, 1.82) is 0 Å². The van der Waals surface area contributed by atoms with Gasteiger partial charge >= 0.3 is 11.8 Å². The van der Waals surface area contributed by atoms with Gasteiger partial charge in [0.05, 0.1) is 0 Å². The minimum absolute atomic E-state index is 0.0909. The number of anilines is 1. The van der Waals surface area contributed by atoms with Gasteiger partial charge in [0.2, 0.25) is 5.13 Å². The van der Waals surface area contributed by atoms with Crippen molar-refractivity contribution in [1.82, 2.24) is 20.3 Å². The zero-order valence-corrected chi connectivity index (χ0v) is 13.1. The van der Waals surface area contributed by atoms with Crippen LogP contribution < -0.4 is 5.32 Å². The second-order valence-corrected chi connectivity index (χ2v) is 6.24. The van der Waals surface area contributed by atoms with Crippen LogP contribution in [-0.4, -0.2) is 32.5 Å². The molecule has 0 unspecified atom stereocenters. The summed E-state index contributed by atoms with van der Waals surface area (Å²) < 4.78 is 5.75. The third-order valence-electron chi connectivity index (χ3n) is 2.67. The third-order valence-corrected chi connectivity index (χ3v) is 4.48. The van der Waals surface area contributed by atoms with Crippen molar-refractivity contribution in [2.75, 3.05) is 11.6 Å². The lowest BCUT2D eigenvalue weighted by molar-refractivity contribution is 0.0981. The molecule has 2 aromatic heterocycles. The Hall–Kier alpha value is -2.26. The van der Waals surface area contributed by atoms with E-state index in [-0.39, 0.29) is 5.89 Å². The van der Waals surface area contributed by atoms with Crippen LogP contribution in [0.3, 0.4) is 0 Å². The van der Waals surface area contributed by atoms with Gasteiger partial charge in [-0.25, -0.2) is 0 Å². The second-order valence-electron chi connectivity index (χ2n) is 4.21. The van der Waals surface area contributed by atoms with Gasteiger partial charge in [-0.3, -0.25) is 10.1 Å². The van der Waals surface area contributed by atoms with Crippen LogP contribution in [0.15, 0.2) is 39.2 Å². The fourth-order valence-electron chi connectivity index (χ4n) is 1.69. The number of rotatable bonds is 5. The Morgan fingerprint density at radius 3 is 2.86 bits per heavy atom. The number of carbonyl (C=O) groups excluding carboxylic acids is 1. The van der Waals surface area contributed by atoms with E-state index in [1.54, 1.807) is 0 Å². The van der Waals surface area contributed by atoms with E-state index in [4.69, 9.17) is 4.52 Å². The van der Waals surface area contributed by atoms with Gasteiger partial charge in [-0.05, 0) is 11.8 Å². The van der Waals surface area contributed by atoms with E-state index in [2.05, 4.69) is 25.7 Å². The van der Waals surface area contributed by atoms with E-state index in [9.17, 15) is 4.79 Å². The molecule has 1 amide bonds. The number of amides is 1. The molecule has 0 saturated heterocycles. The van der Waals surface area contributed by atoms with E-state index in [0.29, 0.717) is 17.4 Å². The van der Waals surface area contributed by atoms with Gasteiger partial charge in [0.1, 0.15) is 0 Å². The normalized spacial score (nSPS) is 10.6. The quantitative estimate of drug-likeness (QED) is 0.566. The molecule has 0 radical (unpaired) electrons. The Labute approximate surface area is 134 Å². The molecule has 0 bridgehead atoms. The minimum atomic E-state index is -0.490. The summed E-state index contributed by atoms with van der Waals surface area (Å²) >= 11 is 2.74. The first-order chi connectivity index (χ1) is 10.7. The Kier molecular flexibility index (Phi) is 4.45. The molecule has 0 aliphatic rings. The molecule has 0 spiro atoms. The maximum atomic E-state index is 12.0. The lowest BCUT2D eigenvalue weighted by Crippen LogP contribution is -2.12. The molecule has 1 N–H and O–H groups in total. The van der Waals surface area contributed by atoms with E-state index in [0.717, 1.165) is 9.90 Å². The smallest absolute Gasteiger partial charge is 0.316 e. The van der Waals surface area contributed by atoms with Crippen LogP contribution in [0.25, 0.3) is 0 Å². The number of thioether (sulfide) groups is 1. The average Bonchev–Trinajstić information content (AvgIpc) is 3.17. The molecule has 7 nitrogen and oxygen atoms in total. The van der Waals surface area contributed by atoms with E-state index in [1.165, 1.54) is 23.1 Å². The molecule has 0 atom stereocenters. The number of hydrogen-bond donors (Lipinski definition) is 1. The Morgan fingerprint density at radius 1 is 1.32 bits per heavy atom. The summed E-state index contributed by atoms with van der Waals surface area (Å²) in [4.78, 5) is 16.1. The molecule has 22 heavy (non-hydrogen) atoms. The SMILES string of the molecule is CSc1nnc(NC(=O)c2nc(Cc3ccccc3)no2)s1. The maximum absolute atomic E-state index is 12.0. The Balaban J connectivity index is 1.66.